The first-order chi connectivity index (χ1) is 9.06. The van der Waals surface area contributed by atoms with Gasteiger partial charge in [-0.05, 0) is 40.9 Å². The van der Waals surface area contributed by atoms with E-state index in [0.29, 0.717) is 0 Å². The van der Waals surface area contributed by atoms with Crippen molar-refractivity contribution in [2.75, 3.05) is 7.11 Å². The molecular formula is C15H19BrN2O. The largest absolute Gasteiger partial charge is 0.496 e. The van der Waals surface area contributed by atoms with Crippen LogP contribution in [0.1, 0.15) is 29.6 Å². The van der Waals surface area contributed by atoms with E-state index >= 15 is 0 Å². The van der Waals surface area contributed by atoms with Gasteiger partial charge in [0, 0.05) is 19.0 Å². The van der Waals surface area contributed by atoms with E-state index in [1.54, 1.807) is 7.11 Å². The minimum atomic E-state index is 0.777. The van der Waals surface area contributed by atoms with Crippen molar-refractivity contribution in [2.45, 2.75) is 26.7 Å². The number of imidazole rings is 1. The quantitative estimate of drug-likeness (QED) is 0.859. The van der Waals surface area contributed by atoms with E-state index in [1.165, 1.54) is 11.1 Å². The maximum Gasteiger partial charge on any atom is 0.122 e. The van der Waals surface area contributed by atoms with E-state index in [4.69, 9.17) is 4.74 Å². The van der Waals surface area contributed by atoms with Gasteiger partial charge in [0.15, 0.2) is 0 Å². The van der Waals surface area contributed by atoms with Crippen LogP contribution in [0.5, 0.6) is 5.75 Å². The third-order valence-corrected chi connectivity index (χ3v) is 4.42. The Morgan fingerprint density at radius 1 is 1.37 bits per heavy atom. The second-order valence-electron chi connectivity index (χ2n) is 4.63. The summed E-state index contributed by atoms with van der Waals surface area (Å²) in [6, 6.07) is 6.36. The maximum absolute atomic E-state index is 5.44. The van der Waals surface area contributed by atoms with E-state index in [0.717, 1.165) is 34.7 Å². The van der Waals surface area contributed by atoms with Gasteiger partial charge in [-0.1, -0.05) is 19.1 Å². The van der Waals surface area contributed by atoms with Crippen molar-refractivity contribution in [3.8, 4) is 5.75 Å². The molecule has 4 heteroatoms. The minimum absolute atomic E-state index is 0.777. The highest BCUT2D eigenvalue weighted by atomic mass is 79.9. The van der Waals surface area contributed by atoms with Gasteiger partial charge in [-0.25, -0.2) is 4.98 Å². The molecular weight excluding hydrogens is 304 g/mol. The molecule has 0 aliphatic carbocycles. The first-order valence-electron chi connectivity index (χ1n) is 6.40. The zero-order valence-electron chi connectivity index (χ0n) is 11.8. The third kappa shape index (κ3) is 2.84. The molecule has 0 radical (unpaired) electrons. The Morgan fingerprint density at radius 3 is 2.63 bits per heavy atom. The summed E-state index contributed by atoms with van der Waals surface area (Å²) in [5.41, 5.74) is 3.55. The van der Waals surface area contributed by atoms with E-state index in [-0.39, 0.29) is 0 Å². The van der Waals surface area contributed by atoms with Crippen LogP contribution < -0.4 is 4.74 Å². The number of halogens is 1. The molecule has 0 N–H and O–H groups in total. The molecule has 2 rings (SSSR count). The molecule has 1 aromatic heterocycles. The molecule has 0 unspecified atom stereocenters. The van der Waals surface area contributed by atoms with Gasteiger partial charge in [-0.3, -0.25) is 0 Å². The first kappa shape index (κ1) is 14.1. The Labute approximate surface area is 122 Å². The minimum Gasteiger partial charge on any atom is -0.496 e. The molecule has 3 nitrogen and oxygen atoms in total. The highest BCUT2D eigenvalue weighted by Crippen LogP contribution is 2.26. The van der Waals surface area contributed by atoms with Gasteiger partial charge in [-0.2, -0.15) is 0 Å². The van der Waals surface area contributed by atoms with Gasteiger partial charge in [0.05, 0.1) is 12.8 Å². The molecule has 0 aliphatic rings. The van der Waals surface area contributed by atoms with Gasteiger partial charge < -0.3 is 9.30 Å². The van der Waals surface area contributed by atoms with Crippen molar-refractivity contribution < 1.29 is 4.74 Å². The van der Waals surface area contributed by atoms with Crippen LogP contribution in [0.2, 0.25) is 0 Å². The molecule has 2 aromatic rings. The fourth-order valence-electron chi connectivity index (χ4n) is 2.13. The highest BCUT2D eigenvalue weighted by molar-refractivity contribution is 9.10. The van der Waals surface area contributed by atoms with E-state index < -0.39 is 0 Å². The van der Waals surface area contributed by atoms with E-state index in [2.05, 4.69) is 40.0 Å². The zero-order valence-corrected chi connectivity index (χ0v) is 13.4. The number of nitrogens with zero attached hydrogens (tertiary/aromatic N) is 2. The van der Waals surface area contributed by atoms with Crippen molar-refractivity contribution in [1.29, 1.82) is 0 Å². The van der Waals surface area contributed by atoms with Crippen LogP contribution in [0.3, 0.4) is 0 Å². The molecule has 0 saturated carbocycles. The summed E-state index contributed by atoms with van der Waals surface area (Å²) in [6.07, 6.45) is 1.80. The second kappa shape index (κ2) is 5.78. The Bertz CT molecular complexity index is 590. The second-order valence-corrected chi connectivity index (χ2v) is 5.38. The van der Waals surface area contributed by atoms with Crippen LogP contribution in [0.15, 0.2) is 22.8 Å². The Balaban J connectivity index is 2.38. The van der Waals surface area contributed by atoms with E-state index in [1.807, 2.05) is 24.6 Å². The molecule has 0 bridgehead atoms. The fraction of sp³-hybridized carbons (Fsp3) is 0.400. The highest BCUT2D eigenvalue weighted by Gasteiger charge is 2.13. The Hall–Kier alpha value is -1.29. The zero-order chi connectivity index (χ0) is 14.0. The number of aromatic nitrogens is 2. The molecule has 0 aliphatic heterocycles. The molecule has 1 heterocycles. The number of ether oxygens (including phenoxy) is 1. The molecule has 1 aromatic carbocycles. The standard InChI is InChI=1S/C15H19BrN2O/c1-5-11-6-7-14(19-4)12(8-11)9-13-15(16)18(3)10(2)17-13/h6-8H,5,9H2,1-4H3. The van der Waals surface area contributed by atoms with Crippen LogP contribution in [0, 0.1) is 6.92 Å². The SMILES string of the molecule is CCc1ccc(OC)c(Cc2nc(C)n(C)c2Br)c1. The molecule has 0 saturated heterocycles. The number of benzene rings is 1. The van der Waals surface area contributed by atoms with Crippen molar-refractivity contribution >= 4 is 15.9 Å². The van der Waals surface area contributed by atoms with Crippen LogP contribution in [0.4, 0.5) is 0 Å². The summed E-state index contributed by atoms with van der Waals surface area (Å²) in [4.78, 5) is 4.60. The average Bonchev–Trinajstić information content (AvgIpc) is 2.66. The average molecular weight is 323 g/mol. The first-order valence-corrected chi connectivity index (χ1v) is 7.19. The topological polar surface area (TPSA) is 27.1 Å². The lowest BCUT2D eigenvalue weighted by Crippen LogP contribution is -1.97. The normalized spacial score (nSPS) is 10.8. The van der Waals surface area contributed by atoms with Gasteiger partial charge in [0.1, 0.15) is 16.2 Å². The van der Waals surface area contributed by atoms with Crippen molar-refractivity contribution in [2.24, 2.45) is 7.05 Å². The number of aryl methyl sites for hydroxylation is 2. The van der Waals surface area contributed by atoms with Crippen LogP contribution >= 0.6 is 15.9 Å². The van der Waals surface area contributed by atoms with Crippen LogP contribution in [0.25, 0.3) is 0 Å². The van der Waals surface area contributed by atoms with Crippen LogP contribution in [-0.4, -0.2) is 16.7 Å². The number of rotatable bonds is 4. The van der Waals surface area contributed by atoms with Crippen molar-refractivity contribution in [3.05, 3.63) is 45.4 Å². The smallest absolute Gasteiger partial charge is 0.122 e. The van der Waals surface area contributed by atoms with Crippen molar-refractivity contribution in [1.82, 2.24) is 9.55 Å². The fourth-order valence-corrected chi connectivity index (χ4v) is 2.62. The number of hydrogen-bond acceptors (Lipinski definition) is 2. The van der Waals surface area contributed by atoms with Gasteiger partial charge >= 0.3 is 0 Å². The van der Waals surface area contributed by atoms with Gasteiger partial charge in [0.2, 0.25) is 0 Å². The maximum atomic E-state index is 5.44. The summed E-state index contributed by atoms with van der Waals surface area (Å²) in [7, 11) is 3.72. The lowest BCUT2D eigenvalue weighted by Gasteiger charge is -2.09. The molecule has 0 amide bonds. The van der Waals surface area contributed by atoms with Gasteiger partial charge in [0.25, 0.3) is 0 Å². The van der Waals surface area contributed by atoms with E-state index in [9.17, 15) is 0 Å². The lowest BCUT2D eigenvalue weighted by atomic mass is 10.0. The summed E-state index contributed by atoms with van der Waals surface area (Å²) in [6.45, 7) is 4.17. The molecule has 0 spiro atoms. The molecule has 0 fully saturated rings. The Kier molecular flexibility index (Phi) is 4.30. The summed E-state index contributed by atoms with van der Waals surface area (Å²) in [5.74, 6) is 1.93. The summed E-state index contributed by atoms with van der Waals surface area (Å²) in [5, 5.41) is 0. The number of hydrogen-bond donors (Lipinski definition) is 0. The monoisotopic (exact) mass is 322 g/mol. The lowest BCUT2D eigenvalue weighted by molar-refractivity contribution is 0.410. The summed E-state index contributed by atoms with van der Waals surface area (Å²) < 4.78 is 8.53. The predicted molar refractivity (Wildman–Crippen MR) is 80.8 cm³/mol. The predicted octanol–water partition coefficient (Wildman–Crippen LogP) is 3.65. The third-order valence-electron chi connectivity index (χ3n) is 3.43. The molecule has 19 heavy (non-hydrogen) atoms. The Morgan fingerprint density at radius 2 is 2.11 bits per heavy atom. The number of methoxy groups -OCH3 is 1. The molecule has 0 atom stereocenters. The molecule has 102 valence electrons. The van der Waals surface area contributed by atoms with Gasteiger partial charge in [-0.15, -0.1) is 0 Å². The summed E-state index contributed by atoms with van der Waals surface area (Å²) >= 11 is 3.60. The van der Waals surface area contributed by atoms with Crippen LogP contribution in [-0.2, 0) is 19.9 Å². The van der Waals surface area contributed by atoms with Crippen molar-refractivity contribution in [3.63, 3.8) is 0 Å².